The van der Waals surface area contributed by atoms with E-state index in [0.717, 1.165) is 24.4 Å². The van der Waals surface area contributed by atoms with E-state index < -0.39 is 0 Å². The zero-order valence-corrected chi connectivity index (χ0v) is 7.92. The van der Waals surface area contributed by atoms with E-state index in [4.69, 9.17) is 10.5 Å². The molecule has 3 N–H and O–H groups in total. The van der Waals surface area contributed by atoms with Crippen LogP contribution in [0.1, 0.15) is 5.56 Å². The van der Waals surface area contributed by atoms with Crippen molar-refractivity contribution >= 4 is 5.69 Å². The van der Waals surface area contributed by atoms with Crippen molar-refractivity contribution in [3.8, 4) is 0 Å². The minimum absolute atomic E-state index is 0.596. The van der Waals surface area contributed by atoms with Gasteiger partial charge in [-0.3, -0.25) is 0 Å². The number of nitrogens with one attached hydrogen (secondary N) is 1. The highest BCUT2D eigenvalue weighted by atomic mass is 16.5. The van der Waals surface area contributed by atoms with Crippen molar-refractivity contribution in [2.45, 2.75) is 6.54 Å². The lowest BCUT2D eigenvalue weighted by Gasteiger charge is -2.05. The van der Waals surface area contributed by atoms with Crippen LogP contribution in [-0.4, -0.2) is 20.3 Å². The van der Waals surface area contributed by atoms with Crippen LogP contribution in [0.5, 0.6) is 0 Å². The van der Waals surface area contributed by atoms with Crippen LogP contribution in [0.4, 0.5) is 5.69 Å². The highest BCUT2D eigenvalue weighted by Crippen LogP contribution is 2.08. The molecule has 1 rings (SSSR count). The van der Waals surface area contributed by atoms with Gasteiger partial charge in [-0.25, -0.2) is 0 Å². The van der Waals surface area contributed by atoms with Gasteiger partial charge in [0.2, 0.25) is 0 Å². The topological polar surface area (TPSA) is 47.3 Å². The summed E-state index contributed by atoms with van der Waals surface area (Å²) in [5, 5.41) is 3.23. The molecule has 72 valence electrons. The highest BCUT2D eigenvalue weighted by molar-refractivity contribution is 5.44. The fourth-order valence-electron chi connectivity index (χ4n) is 1.06. The van der Waals surface area contributed by atoms with Crippen molar-refractivity contribution in [3.05, 3.63) is 29.8 Å². The molecular weight excluding hydrogens is 164 g/mol. The van der Waals surface area contributed by atoms with Crippen LogP contribution in [0, 0.1) is 0 Å². The van der Waals surface area contributed by atoms with Crippen molar-refractivity contribution in [1.82, 2.24) is 0 Å². The first-order valence-corrected chi connectivity index (χ1v) is 4.38. The summed E-state index contributed by atoms with van der Waals surface area (Å²) in [5.74, 6) is 0. The van der Waals surface area contributed by atoms with Crippen LogP contribution >= 0.6 is 0 Å². The molecule has 0 saturated heterocycles. The van der Waals surface area contributed by atoms with Gasteiger partial charge in [0.15, 0.2) is 0 Å². The summed E-state index contributed by atoms with van der Waals surface area (Å²) < 4.78 is 4.93. The molecule has 1 aromatic rings. The van der Waals surface area contributed by atoms with Gasteiger partial charge in [0, 0.05) is 25.9 Å². The third kappa shape index (κ3) is 3.44. The molecule has 0 atom stereocenters. The van der Waals surface area contributed by atoms with Crippen LogP contribution < -0.4 is 11.1 Å². The van der Waals surface area contributed by atoms with Crippen LogP contribution in [0.2, 0.25) is 0 Å². The lowest BCUT2D eigenvalue weighted by Crippen LogP contribution is -2.07. The molecule has 0 heterocycles. The van der Waals surface area contributed by atoms with E-state index in [-0.39, 0.29) is 0 Å². The van der Waals surface area contributed by atoms with Crippen molar-refractivity contribution < 1.29 is 4.74 Å². The minimum Gasteiger partial charge on any atom is -0.383 e. The lowest BCUT2D eigenvalue weighted by molar-refractivity contribution is 0.211. The van der Waals surface area contributed by atoms with Gasteiger partial charge in [-0.05, 0) is 17.7 Å². The molecule has 0 aromatic heterocycles. The van der Waals surface area contributed by atoms with Crippen LogP contribution in [0.25, 0.3) is 0 Å². The van der Waals surface area contributed by atoms with Crippen LogP contribution in [0.15, 0.2) is 24.3 Å². The van der Waals surface area contributed by atoms with E-state index >= 15 is 0 Å². The van der Waals surface area contributed by atoms with Crippen LogP contribution in [-0.2, 0) is 11.3 Å². The average molecular weight is 180 g/mol. The van der Waals surface area contributed by atoms with Crippen LogP contribution in [0.3, 0.4) is 0 Å². The summed E-state index contributed by atoms with van der Waals surface area (Å²) in [6, 6.07) is 8.10. The molecule has 0 aliphatic rings. The molecule has 0 bridgehead atoms. The molecule has 0 amide bonds. The number of nitrogens with two attached hydrogens (primary N) is 1. The van der Waals surface area contributed by atoms with Crippen molar-refractivity contribution in [2.24, 2.45) is 5.73 Å². The molecule has 0 spiro atoms. The summed E-state index contributed by atoms with van der Waals surface area (Å²) >= 11 is 0. The normalized spacial score (nSPS) is 10.0. The Labute approximate surface area is 78.9 Å². The van der Waals surface area contributed by atoms with Crippen molar-refractivity contribution in [1.29, 1.82) is 0 Å². The number of hydrogen-bond acceptors (Lipinski definition) is 3. The number of ether oxygens (including phenoxy) is 1. The Morgan fingerprint density at radius 2 is 2.00 bits per heavy atom. The third-order valence-electron chi connectivity index (χ3n) is 1.82. The van der Waals surface area contributed by atoms with E-state index in [1.807, 2.05) is 24.3 Å². The molecule has 0 radical (unpaired) electrons. The first kappa shape index (κ1) is 10.0. The minimum atomic E-state index is 0.596. The Balaban J connectivity index is 2.40. The molecule has 13 heavy (non-hydrogen) atoms. The van der Waals surface area contributed by atoms with E-state index in [9.17, 15) is 0 Å². The molecule has 0 aliphatic carbocycles. The summed E-state index contributed by atoms with van der Waals surface area (Å²) in [6.07, 6.45) is 0. The second-order valence-corrected chi connectivity index (χ2v) is 2.82. The van der Waals surface area contributed by atoms with Gasteiger partial charge in [0.05, 0.1) is 6.61 Å². The maximum Gasteiger partial charge on any atom is 0.0635 e. The number of rotatable bonds is 5. The van der Waals surface area contributed by atoms with E-state index in [1.165, 1.54) is 0 Å². The molecular formula is C10H16N2O. The SMILES string of the molecule is COCCNc1ccc(CN)cc1. The fourth-order valence-corrected chi connectivity index (χ4v) is 1.06. The Morgan fingerprint density at radius 3 is 2.54 bits per heavy atom. The number of benzene rings is 1. The Hall–Kier alpha value is -1.06. The maximum atomic E-state index is 5.48. The number of anilines is 1. The summed E-state index contributed by atoms with van der Waals surface area (Å²) in [5.41, 5.74) is 7.74. The Bertz CT molecular complexity index is 233. The van der Waals surface area contributed by atoms with Gasteiger partial charge < -0.3 is 15.8 Å². The molecule has 0 unspecified atom stereocenters. The summed E-state index contributed by atoms with van der Waals surface area (Å²) in [4.78, 5) is 0. The Morgan fingerprint density at radius 1 is 1.31 bits per heavy atom. The third-order valence-corrected chi connectivity index (χ3v) is 1.82. The predicted molar refractivity (Wildman–Crippen MR) is 54.7 cm³/mol. The zero-order chi connectivity index (χ0) is 9.52. The second kappa shape index (κ2) is 5.56. The lowest BCUT2D eigenvalue weighted by atomic mass is 10.2. The smallest absolute Gasteiger partial charge is 0.0635 e. The molecule has 3 heteroatoms. The first-order chi connectivity index (χ1) is 6.36. The second-order valence-electron chi connectivity index (χ2n) is 2.82. The molecule has 0 saturated carbocycles. The molecule has 3 nitrogen and oxygen atoms in total. The first-order valence-electron chi connectivity index (χ1n) is 4.38. The van der Waals surface area contributed by atoms with E-state index in [1.54, 1.807) is 7.11 Å². The molecule has 1 aromatic carbocycles. The fraction of sp³-hybridized carbons (Fsp3) is 0.400. The van der Waals surface area contributed by atoms with Gasteiger partial charge in [0.25, 0.3) is 0 Å². The average Bonchev–Trinajstić information content (AvgIpc) is 2.19. The molecule has 0 aliphatic heterocycles. The van der Waals surface area contributed by atoms with Crippen molar-refractivity contribution in [3.63, 3.8) is 0 Å². The molecule has 0 fully saturated rings. The summed E-state index contributed by atoms with van der Waals surface area (Å²) in [7, 11) is 1.69. The number of hydrogen-bond donors (Lipinski definition) is 2. The van der Waals surface area contributed by atoms with E-state index in [0.29, 0.717) is 6.54 Å². The monoisotopic (exact) mass is 180 g/mol. The largest absolute Gasteiger partial charge is 0.383 e. The quantitative estimate of drug-likeness (QED) is 0.669. The van der Waals surface area contributed by atoms with Gasteiger partial charge in [-0.15, -0.1) is 0 Å². The standard InChI is InChI=1S/C10H16N2O/c1-13-7-6-12-10-4-2-9(8-11)3-5-10/h2-5,12H,6-8,11H2,1H3. The summed E-state index contributed by atoms with van der Waals surface area (Å²) in [6.45, 7) is 2.15. The van der Waals surface area contributed by atoms with Gasteiger partial charge in [0.1, 0.15) is 0 Å². The predicted octanol–water partition coefficient (Wildman–Crippen LogP) is 1.20. The van der Waals surface area contributed by atoms with Gasteiger partial charge in [-0.2, -0.15) is 0 Å². The van der Waals surface area contributed by atoms with E-state index in [2.05, 4.69) is 5.32 Å². The van der Waals surface area contributed by atoms with Gasteiger partial charge >= 0.3 is 0 Å². The zero-order valence-electron chi connectivity index (χ0n) is 7.92. The van der Waals surface area contributed by atoms with Gasteiger partial charge in [-0.1, -0.05) is 12.1 Å². The number of methoxy groups -OCH3 is 1. The van der Waals surface area contributed by atoms with Crippen molar-refractivity contribution in [2.75, 3.05) is 25.6 Å². The Kier molecular flexibility index (Phi) is 4.29. The maximum absolute atomic E-state index is 5.48. The highest BCUT2D eigenvalue weighted by Gasteiger charge is 1.91.